The number of phenolic OH excluding ortho intramolecular Hbond substituents is 1. The van der Waals surface area contributed by atoms with Crippen LogP contribution in [0.15, 0.2) is 24.3 Å². The quantitative estimate of drug-likeness (QED) is 0.780. The van der Waals surface area contributed by atoms with Crippen molar-refractivity contribution < 1.29 is 14.6 Å². The van der Waals surface area contributed by atoms with E-state index in [2.05, 4.69) is 16.8 Å². The largest absolute Gasteiger partial charge is 0.504 e. The molecule has 1 N–H and O–H groups in total. The molecule has 1 aromatic rings. The van der Waals surface area contributed by atoms with Gasteiger partial charge in [-0.1, -0.05) is 12.1 Å². The Balaban J connectivity index is 1.82. The van der Waals surface area contributed by atoms with Crippen molar-refractivity contribution in [2.45, 2.75) is 13.3 Å². The summed E-state index contributed by atoms with van der Waals surface area (Å²) in [4.78, 5) is 16.6. The van der Waals surface area contributed by atoms with E-state index in [1.54, 1.807) is 30.4 Å². The number of carbonyl (C=O) groups excluding carboxylic acids is 1. The van der Waals surface area contributed by atoms with Crippen LogP contribution in [0.1, 0.15) is 18.9 Å². The van der Waals surface area contributed by atoms with Gasteiger partial charge in [-0.15, -0.1) is 0 Å². The minimum Gasteiger partial charge on any atom is -0.504 e. The zero-order valence-electron chi connectivity index (χ0n) is 14.0. The molecule has 0 aliphatic carbocycles. The average Bonchev–Trinajstić information content (AvgIpc) is 2.55. The summed E-state index contributed by atoms with van der Waals surface area (Å²) >= 11 is 0. The van der Waals surface area contributed by atoms with Crippen molar-refractivity contribution in [1.82, 2.24) is 9.80 Å². The lowest BCUT2D eigenvalue weighted by molar-refractivity contribution is -0.114. The van der Waals surface area contributed by atoms with Crippen LogP contribution in [0.25, 0.3) is 6.08 Å². The number of carbonyl (C=O) groups is 1. The molecular weight excluding hydrogens is 292 g/mol. The molecule has 1 fully saturated rings. The number of piperazine rings is 1. The molecule has 1 aromatic carbocycles. The van der Waals surface area contributed by atoms with Gasteiger partial charge in [-0.25, -0.2) is 0 Å². The lowest BCUT2D eigenvalue weighted by Crippen LogP contribution is -2.44. The van der Waals surface area contributed by atoms with Gasteiger partial charge in [0.1, 0.15) is 0 Å². The molecule has 0 aromatic heterocycles. The molecule has 5 heteroatoms. The number of phenols is 1. The molecule has 0 amide bonds. The smallest absolute Gasteiger partial charge is 0.161 e. The molecule has 1 heterocycles. The Morgan fingerprint density at radius 1 is 1.30 bits per heavy atom. The predicted molar refractivity (Wildman–Crippen MR) is 91.9 cm³/mol. The highest BCUT2D eigenvalue weighted by atomic mass is 16.5. The lowest BCUT2D eigenvalue weighted by atomic mass is 10.1. The van der Waals surface area contributed by atoms with Gasteiger partial charge in [0, 0.05) is 39.1 Å². The van der Waals surface area contributed by atoms with E-state index in [-0.39, 0.29) is 11.5 Å². The van der Waals surface area contributed by atoms with Gasteiger partial charge in [0.15, 0.2) is 17.3 Å². The predicted octanol–water partition coefficient (Wildman–Crippen LogP) is 2.01. The highest BCUT2D eigenvalue weighted by molar-refractivity contribution is 5.93. The van der Waals surface area contributed by atoms with Gasteiger partial charge in [0.2, 0.25) is 0 Å². The molecule has 0 saturated carbocycles. The van der Waals surface area contributed by atoms with Crippen LogP contribution >= 0.6 is 0 Å². The Labute approximate surface area is 138 Å². The topological polar surface area (TPSA) is 53.0 Å². The molecule has 1 saturated heterocycles. The first-order valence-corrected chi connectivity index (χ1v) is 8.16. The minimum atomic E-state index is 0.116. The monoisotopic (exact) mass is 318 g/mol. The molecule has 2 rings (SSSR count). The number of nitrogens with zero attached hydrogens (tertiary/aromatic N) is 2. The fourth-order valence-electron chi connectivity index (χ4n) is 2.52. The van der Waals surface area contributed by atoms with Crippen molar-refractivity contribution >= 4 is 11.9 Å². The van der Waals surface area contributed by atoms with Crippen molar-refractivity contribution in [2.75, 3.05) is 46.4 Å². The third-order valence-corrected chi connectivity index (χ3v) is 4.02. The zero-order chi connectivity index (χ0) is 16.7. The van der Waals surface area contributed by atoms with E-state index in [9.17, 15) is 9.90 Å². The number of hydrogen-bond acceptors (Lipinski definition) is 5. The van der Waals surface area contributed by atoms with Gasteiger partial charge in [0.05, 0.1) is 6.61 Å². The van der Waals surface area contributed by atoms with Gasteiger partial charge in [0.25, 0.3) is 0 Å². The van der Waals surface area contributed by atoms with Crippen LogP contribution in [0.4, 0.5) is 0 Å². The number of benzene rings is 1. The third-order valence-electron chi connectivity index (χ3n) is 4.02. The number of aromatic hydroxyl groups is 1. The normalized spacial score (nSPS) is 16.8. The maximum absolute atomic E-state index is 12.0. The second-order valence-electron chi connectivity index (χ2n) is 5.85. The second-order valence-corrected chi connectivity index (χ2v) is 5.85. The van der Waals surface area contributed by atoms with Gasteiger partial charge in [-0.2, -0.15) is 0 Å². The number of allylic oxidation sites excluding steroid dienone is 1. The molecule has 0 bridgehead atoms. The first-order chi connectivity index (χ1) is 11.1. The highest BCUT2D eigenvalue weighted by Gasteiger charge is 2.13. The van der Waals surface area contributed by atoms with Crippen molar-refractivity contribution in [2.24, 2.45) is 0 Å². The Morgan fingerprint density at radius 3 is 2.74 bits per heavy atom. The van der Waals surface area contributed by atoms with E-state index < -0.39 is 0 Å². The molecule has 0 unspecified atom stereocenters. The first kappa shape index (κ1) is 17.5. The summed E-state index contributed by atoms with van der Waals surface area (Å²) in [5.41, 5.74) is 0.846. The van der Waals surface area contributed by atoms with Crippen LogP contribution in [-0.2, 0) is 4.79 Å². The molecular formula is C18H26N2O3. The molecule has 23 heavy (non-hydrogen) atoms. The Bertz CT molecular complexity index is 549. The van der Waals surface area contributed by atoms with Crippen molar-refractivity contribution in [1.29, 1.82) is 0 Å². The number of rotatable bonds is 7. The summed E-state index contributed by atoms with van der Waals surface area (Å²) in [6, 6.07) is 5.09. The zero-order valence-corrected chi connectivity index (χ0v) is 14.0. The summed E-state index contributed by atoms with van der Waals surface area (Å²) in [5.74, 6) is 0.680. The maximum atomic E-state index is 12.0. The summed E-state index contributed by atoms with van der Waals surface area (Å²) in [5, 5.41) is 9.67. The lowest BCUT2D eigenvalue weighted by Gasteiger charge is -2.32. The van der Waals surface area contributed by atoms with Gasteiger partial charge < -0.3 is 19.6 Å². The fourth-order valence-corrected chi connectivity index (χ4v) is 2.52. The van der Waals surface area contributed by atoms with Crippen LogP contribution in [0.3, 0.4) is 0 Å². The van der Waals surface area contributed by atoms with Crippen molar-refractivity contribution in [3.05, 3.63) is 29.8 Å². The van der Waals surface area contributed by atoms with E-state index in [1.807, 2.05) is 6.92 Å². The van der Waals surface area contributed by atoms with Crippen LogP contribution < -0.4 is 4.74 Å². The first-order valence-electron chi connectivity index (χ1n) is 8.16. The molecule has 1 aliphatic rings. The van der Waals surface area contributed by atoms with Crippen LogP contribution in [0.2, 0.25) is 0 Å². The molecule has 126 valence electrons. The number of ketones is 1. The fraction of sp³-hybridized carbons (Fsp3) is 0.500. The SMILES string of the molecule is CCOc1cc(C=CC(=O)CCN2CCN(C)CC2)ccc1O. The summed E-state index contributed by atoms with van der Waals surface area (Å²) < 4.78 is 5.34. The summed E-state index contributed by atoms with van der Waals surface area (Å²) in [6.45, 7) is 7.37. The van der Waals surface area contributed by atoms with E-state index in [0.29, 0.717) is 18.8 Å². The Morgan fingerprint density at radius 2 is 2.04 bits per heavy atom. The number of hydrogen-bond donors (Lipinski definition) is 1. The summed E-state index contributed by atoms with van der Waals surface area (Å²) in [6.07, 6.45) is 3.92. The van der Waals surface area contributed by atoms with Gasteiger partial charge in [-0.05, 0) is 37.7 Å². The van der Waals surface area contributed by atoms with Crippen LogP contribution in [0.5, 0.6) is 11.5 Å². The van der Waals surface area contributed by atoms with Crippen LogP contribution in [0, 0.1) is 0 Å². The Kier molecular flexibility index (Phi) is 6.62. The maximum Gasteiger partial charge on any atom is 0.161 e. The second kappa shape index (κ2) is 8.70. The number of likely N-dealkylation sites (N-methyl/N-ethyl adjacent to an activating group) is 1. The van der Waals surface area contributed by atoms with Gasteiger partial charge >= 0.3 is 0 Å². The number of ether oxygens (including phenoxy) is 1. The summed E-state index contributed by atoms with van der Waals surface area (Å²) in [7, 11) is 2.12. The molecule has 5 nitrogen and oxygen atoms in total. The van der Waals surface area contributed by atoms with Crippen molar-refractivity contribution in [3.8, 4) is 11.5 Å². The minimum absolute atomic E-state index is 0.116. The standard InChI is InChI=1S/C18H26N2O3/c1-3-23-18-14-15(5-7-17(18)22)4-6-16(21)8-9-20-12-10-19(2)11-13-20/h4-7,14,22H,3,8-13H2,1-2H3. The molecule has 0 spiro atoms. The van der Waals surface area contributed by atoms with E-state index in [1.165, 1.54) is 0 Å². The van der Waals surface area contributed by atoms with E-state index in [0.717, 1.165) is 38.3 Å². The highest BCUT2D eigenvalue weighted by Crippen LogP contribution is 2.27. The van der Waals surface area contributed by atoms with Crippen LogP contribution in [-0.4, -0.2) is 67.1 Å². The third kappa shape index (κ3) is 5.69. The van der Waals surface area contributed by atoms with E-state index >= 15 is 0 Å². The molecule has 1 aliphatic heterocycles. The van der Waals surface area contributed by atoms with Crippen molar-refractivity contribution in [3.63, 3.8) is 0 Å². The molecule has 0 atom stereocenters. The average molecular weight is 318 g/mol. The van der Waals surface area contributed by atoms with E-state index in [4.69, 9.17) is 4.74 Å². The van der Waals surface area contributed by atoms with Gasteiger partial charge in [-0.3, -0.25) is 4.79 Å². The molecule has 0 radical (unpaired) electrons. The Hall–Kier alpha value is -1.85.